The molecule has 0 aliphatic rings. The number of aliphatic hydroxyl groups is 1. The van der Waals surface area contributed by atoms with Gasteiger partial charge in [-0.1, -0.05) is 30.3 Å². The molecule has 2 aromatic heterocycles. The maximum Gasteiger partial charge on any atom is 0.291 e. The Labute approximate surface area is 133 Å². The molecule has 0 aliphatic carbocycles. The zero-order chi connectivity index (χ0) is 16.4. The van der Waals surface area contributed by atoms with Crippen LogP contribution in [0.3, 0.4) is 0 Å². The van der Waals surface area contributed by atoms with E-state index < -0.39 is 11.9 Å². The van der Waals surface area contributed by atoms with Gasteiger partial charge in [-0.3, -0.25) is 4.79 Å². The maximum absolute atomic E-state index is 12.4. The molecule has 7 heteroatoms. The van der Waals surface area contributed by atoms with E-state index in [2.05, 4.69) is 20.4 Å². The van der Waals surface area contributed by atoms with Gasteiger partial charge in [0.05, 0.1) is 12.6 Å². The quantitative estimate of drug-likeness (QED) is 0.755. The van der Waals surface area contributed by atoms with E-state index in [0.29, 0.717) is 5.78 Å². The summed E-state index contributed by atoms with van der Waals surface area (Å²) in [4.78, 5) is 20.8. The van der Waals surface area contributed by atoms with Crippen LogP contribution in [0.2, 0.25) is 0 Å². The minimum absolute atomic E-state index is 0.0283. The summed E-state index contributed by atoms with van der Waals surface area (Å²) in [6.45, 7) is 3.52. The predicted octanol–water partition coefficient (Wildman–Crippen LogP) is 1.20. The topological polar surface area (TPSA) is 92.4 Å². The van der Waals surface area contributed by atoms with Crippen LogP contribution in [0.5, 0.6) is 0 Å². The number of rotatable bonds is 4. The van der Waals surface area contributed by atoms with Crippen LogP contribution in [0.25, 0.3) is 5.78 Å². The van der Waals surface area contributed by atoms with Gasteiger partial charge in [0.15, 0.2) is 0 Å². The monoisotopic (exact) mass is 311 g/mol. The Kier molecular flexibility index (Phi) is 4.03. The van der Waals surface area contributed by atoms with Crippen molar-refractivity contribution in [2.75, 3.05) is 6.61 Å². The number of aromatic nitrogens is 4. The lowest BCUT2D eigenvalue weighted by Gasteiger charge is -2.15. The van der Waals surface area contributed by atoms with Gasteiger partial charge >= 0.3 is 0 Å². The number of nitrogens with one attached hydrogen (secondary N) is 1. The first-order chi connectivity index (χ1) is 11.1. The van der Waals surface area contributed by atoms with E-state index in [1.54, 1.807) is 0 Å². The van der Waals surface area contributed by atoms with E-state index in [-0.39, 0.29) is 12.4 Å². The van der Waals surface area contributed by atoms with Gasteiger partial charge in [0.25, 0.3) is 11.7 Å². The highest BCUT2D eigenvalue weighted by Crippen LogP contribution is 2.12. The standard InChI is InChI=1S/C16H17N5O2/c1-10-8-11(2)21-16(17-10)19-14(20-21)15(23)18-13(9-22)12-6-4-3-5-7-12/h3-8,13,22H,9H2,1-2H3,(H,18,23)/t13-/m1/s1. The predicted molar refractivity (Wildman–Crippen MR) is 84.0 cm³/mol. The van der Waals surface area contributed by atoms with Gasteiger partial charge in [-0.25, -0.2) is 9.50 Å². The molecule has 7 nitrogen and oxygen atoms in total. The Balaban J connectivity index is 1.87. The van der Waals surface area contributed by atoms with Crippen molar-refractivity contribution in [1.82, 2.24) is 24.9 Å². The van der Waals surface area contributed by atoms with Crippen LogP contribution < -0.4 is 5.32 Å². The summed E-state index contributed by atoms with van der Waals surface area (Å²) in [5, 5.41) is 16.4. The second-order valence-electron chi connectivity index (χ2n) is 5.31. The minimum Gasteiger partial charge on any atom is -0.394 e. The van der Waals surface area contributed by atoms with Crippen LogP contribution in [-0.2, 0) is 0 Å². The largest absolute Gasteiger partial charge is 0.394 e. The first-order valence-corrected chi connectivity index (χ1v) is 7.26. The fraction of sp³-hybridized carbons (Fsp3) is 0.250. The Hall–Kier alpha value is -2.80. The molecule has 0 spiro atoms. The average Bonchev–Trinajstić information content (AvgIpc) is 2.97. The second kappa shape index (κ2) is 6.13. The van der Waals surface area contributed by atoms with Gasteiger partial charge in [0, 0.05) is 11.4 Å². The third kappa shape index (κ3) is 3.04. The molecule has 1 aromatic carbocycles. The molecule has 0 bridgehead atoms. The first-order valence-electron chi connectivity index (χ1n) is 7.26. The summed E-state index contributed by atoms with van der Waals surface area (Å²) in [5.74, 6) is -0.0380. The normalized spacial score (nSPS) is 12.3. The van der Waals surface area contributed by atoms with Crippen molar-refractivity contribution in [3.05, 3.63) is 59.2 Å². The van der Waals surface area contributed by atoms with Crippen molar-refractivity contribution in [2.24, 2.45) is 0 Å². The van der Waals surface area contributed by atoms with Crippen LogP contribution in [-0.4, -0.2) is 37.2 Å². The van der Waals surface area contributed by atoms with Gasteiger partial charge in [-0.15, -0.1) is 5.10 Å². The van der Waals surface area contributed by atoms with E-state index in [4.69, 9.17) is 0 Å². The van der Waals surface area contributed by atoms with E-state index >= 15 is 0 Å². The molecule has 3 rings (SSSR count). The molecule has 0 fully saturated rings. The third-order valence-electron chi connectivity index (χ3n) is 3.51. The van der Waals surface area contributed by atoms with Crippen LogP contribution in [0, 0.1) is 13.8 Å². The zero-order valence-corrected chi connectivity index (χ0v) is 12.9. The van der Waals surface area contributed by atoms with Gasteiger partial charge in [0.1, 0.15) is 0 Å². The van der Waals surface area contributed by atoms with E-state index in [1.807, 2.05) is 50.2 Å². The average molecular weight is 311 g/mol. The summed E-state index contributed by atoms with van der Waals surface area (Å²) in [6, 6.07) is 10.6. The fourth-order valence-corrected chi connectivity index (χ4v) is 2.41. The number of hydrogen-bond acceptors (Lipinski definition) is 5. The van der Waals surface area contributed by atoms with Crippen molar-refractivity contribution < 1.29 is 9.90 Å². The Bertz CT molecular complexity index is 844. The number of fused-ring (bicyclic) bond motifs is 1. The number of carbonyl (C=O) groups is 1. The number of benzene rings is 1. The highest BCUT2D eigenvalue weighted by Gasteiger charge is 2.19. The van der Waals surface area contributed by atoms with E-state index in [9.17, 15) is 9.90 Å². The molecule has 0 radical (unpaired) electrons. The molecule has 1 atom stereocenters. The number of aryl methyl sites for hydroxylation is 2. The van der Waals surface area contributed by atoms with Crippen molar-refractivity contribution in [1.29, 1.82) is 0 Å². The van der Waals surface area contributed by atoms with Crippen molar-refractivity contribution in [2.45, 2.75) is 19.9 Å². The van der Waals surface area contributed by atoms with Gasteiger partial charge in [-0.05, 0) is 25.5 Å². The van der Waals surface area contributed by atoms with Crippen molar-refractivity contribution >= 4 is 11.7 Å². The molecule has 2 N–H and O–H groups in total. The molecule has 0 aliphatic heterocycles. The molecular formula is C16H17N5O2. The molecule has 1 amide bonds. The smallest absolute Gasteiger partial charge is 0.291 e. The second-order valence-corrected chi connectivity index (χ2v) is 5.31. The van der Waals surface area contributed by atoms with E-state index in [0.717, 1.165) is 17.0 Å². The summed E-state index contributed by atoms with van der Waals surface area (Å²) in [6.07, 6.45) is 0. The number of amides is 1. The zero-order valence-electron chi connectivity index (χ0n) is 12.9. The van der Waals surface area contributed by atoms with Crippen LogP contribution in [0.4, 0.5) is 0 Å². The van der Waals surface area contributed by atoms with Crippen LogP contribution in [0.1, 0.15) is 33.6 Å². The number of carbonyl (C=O) groups excluding carboxylic acids is 1. The maximum atomic E-state index is 12.4. The molecule has 0 unspecified atom stereocenters. The fourth-order valence-electron chi connectivity index (χ4n) is 2.41. The molecular weight excluding hydrogens is 294 g/mol. The highest BCUT2D eigenvalue weighted by molar-refractivity contribution is 5.91. The SMILES string of the molecule is Cc1cc(C)n2nc(C(=O)N[C@H](CO)c3ccccc3)nc2n1. The molecule has 2 heterocycles. The first kappa shape index (κ1) is 15.1. The Morgan fingerprint density at radius 1 is 1.26 bits per heavy atom. The third-order valence-corrected chi connectivity index (χ3v) is 3.51. The Morgan fingerprint density at radius 2 is 2.00 bits per heavy atom. The number of aliphatic hydroxyl groups excluding tert-OH is 1. The Morgan fingerprint density at radius 3 is 2.70 bits per heavy atom. The molecule has 23 heavy (non-hydrogen) atoms. The lowest BCUT2D eigenvalue weighted by Crippen LogP contribution is -2.31. The molecule has 0 saturated heterocycles. The van der Waals surface area contributed by atoms with Crippen molar-refractivity contribution in [3.63, 3.8) is 0 Å². The minimum atomic E-state index is -0.508. The van der Waals surface area contributed by atoms with E-state index in [1.165, 1.54) is 4.52 Å². The summed E-state index contributed by atoms with van der Waals surface area (Å²) >= 11 is 0. The lowest BCUT2D eigenvalue weighted by atomic mass is 10.1. The molecule has 3 aromatic rings. The molecule has 0 saturated carbocycles. The summed E-state index contributed by atoms with van der Waals surface area (Å²) in [5.41, 5.74) is 2.48. The number of nitrogens with zero attached hydrogens (tertiary/aromatic N) is 4. The van der Waals surface area contributed by atoms with Crippen molar-refractivity contribution in [3.8, 4) is 0 Å². The number of hydrogen-bond donors (Lipinski definition) is 2. The van der Waals surface area contributed by atoms with Gasteiger partial charge in [0.2, 0.25) is 5.82 Å². The molecule has 118 valence electrons. The van der Waals surface area contributed by atoms with Gasteiger partial charge < -0.3 is 10.4 Å². The van der Waals surface area contributed by atoms with Crippen LogP contribution >= 0.6 is 0 Å². The highest BCUT2D eigenvalue weighted by atomic mass is 16.3. The van der Waals surface area contributed by atoms with Gasteiger partial charge in [-0.2, -0.15) is 4.98 Å². The van der Waals surface area contributed by atoms with Crippen LogP contribution in [0.15, 0.2) is 36.4 Å². The summed E-state index contributed by atoms with van der Waals surface area (Å²) in [7, 11) is 0. The lowest BCUT2D eigenvalue weighted by molar-refractivity contribution is 0.0906. The summed E-state index contributed by atoms with van der Waals surface area (Å²) < 4.78 is 1.53.